The van der Waals surface area contributed by atoms with Crippen molar-refractivity contribution in [2.24, 2.45) is 0 Å². The Hall–Kier alpha value is -1.37. The van der Waals surface area contributed by atoms with Crippen molar-refractivity contribution in [3.63, 3.8) is 0 Å². The molecule has 82 valence electrons. The van der Waals surface area contributed by atoms with Gasteiger partial charge in [0.25, 0.3) is 0 Å². The molecule has 1 rings (SSSR count). The van der Waals surface area contributed by atoms with E-state index in [1.54, 1.807) is 0 Å². The van der Waals surface area contributed by atoms with Crippen LogP contribution >= 0.6 is 15.9 Å². The van der Waals surface area contributed by atoms with Gasteiger partial charge in [0.15, 0.2) is 5.82 Å². The third kappa shape index (κ3) is 2.79. The van der Waals surface area contributed by atoms with Crippen LogP contribution in [0.5, 0.6) is 11.9 Å². The SMILES string of the molecule is COc1nc(NC(C)=O)c(Br)c(OC)n1. The third-order valence-electron chi connectivity index (χ3n) is 1.47. The van der Waals surface area contributed by atoms with Crippen molar-refractivity contribution in [3.05, 3.63) is 4.47 Å². The molecule has 1 heterocycles. The summed E-state index contributed by atoms with van der Waals surface area (Å²) in [6.07, 6.45) is 0. The maximum Gasteiger partial charge on any atom is 0.321 e. The average Bonchev–Trinajstić information content (AvgIpc) is 2.20. The summed E-state index contributed by atoms with van der Waals surface area (Å²) in [5.41, 5.74) is 0. The highest BCUT2D eigenvalue weighted by Gasteiger charge is 2.13. The Bertz CT molecular complexity index is 384. The Balaban J connectivity index is 3.17. The van der Waals surface area contributed by atoms with Crippen molar-refractivity contribution >= 4 is 27.7 Å². The van der Waals surface area contributed by atoms with Gasteiger partial charge in [-0.2, -0.15) is 9.97 Å². The molecule has 0 aromatic carbocycles. The van der Waals surface area contributed by atoms with Crippen molar-refractivity contribution < 1.29 is 14.3 Å². The molecule has 0 saturated carbocycles. The van der Waals surface area contributed by atoms with Gasteiger partial charge in [0.1, 0.15) is 4.47 Å². The first-order valence-electron chi connectivity index (χ1n) is 4.01. The Morgan fingerprint density at radius 1 is 1.33 bits per heavy atom. The van der Waals surface area contributed by atoms with Crippen LogP contribution in [0.2, 0.25) is 0 Å². The molecule has 0 unspecified atom stereocenters. The fourth-order valence-corrected chi connectivity index (χ4v) is 1.32. The predicted octanol–water partition coefficient (Wildman–Crippen LogP) is 1.21. The first-order valence-corrected chi connectivity index (χ1v) is 4.81. The fourth-order valence-electron chi connectivity index (χ4n) is 0.883. The second-order valence-corrected chi connectivity index (χ2v) is 3.36. The molecule has 6 nitrogen and oxygen atoms in total. The second-order valence-electron chi connectivity index (χ2n) is 2.56. The van der Waals surface area contributed by atoms with Crippen LogP contribution in [-0.4, -0.2) is 30.1 Å². The summed E-state index contributed by atoms with van der Waals surface area (Å²) in [5.74, 6) is 0.371. The summed E-state index contributed by atoms with van der Waals surface area (Å²) in [6, 6.07) is 0.124. The van der Waals surface area contributed by atoms with Crippen molar-refractivity contribution in [2.45, 2.75) is 6.92 Å². The van der Waals surface area contributed by atoms with Crippen LogP contribution in [0.25, 0.3) is 0 Å². The number of carbonyl (C=O) groups is 1. The van der Waals surface area contributed by atoms with Crippen molar-refractivity contribution in [3.8, 4) is 11.9 Å². The van der Waals surface area contributed by atoms with Gasteiger partial charge in [-0.15, -0.1) is 0 Å². The van der Waals surface area contributed by atoms with Crippen LogP contribution in [0.15, 0.2) is 4.47 Å². The Morgan fingerprint density at radius 3 is 2.47 bits per heavy atom. The number of aromatic nitrogens is 2. The zero-order chi connectivity index (χ0) is 11.4. The van der Waals surface area contributed by atoms with Gasteiger partial charge in [-0.25, -0.2) is 0 Å². The smallest absolute Gasteiger partial charge is 0.321 e. The summed E-state index contributed by atoms with van der Waals surface area (Å²) in [6.45, 7) is 1.38. The molecular weight excluding hydrogens is 266 g/mol. The lowest BCUT2D eigenvalue weighted by Crippen LogP contribution is -2.10. The number of ether oxygens (including phenoxy) is 2. The molecule has 1 N–H and O–H groups in total. The molecule has 0 fully saturated rings. The lowest BCUT2D eigenvalue weighted by molar-refractivity contribution is -0.114. The van der Waals surface area contributed by atoms with Crippen LogP contribution in [0.4, 0.5) is 5.82 Å². The highest BCUT2D eigenvalue weighted by molar-refractivity contribution is 9.10. The first-order chi connectivity index (χ1) is 7.08. The minimum absolute atomic E-state index is 0.124. The van der Waals surface area contributed by atoms with E-state index >= 15 is 0 Å². The molecule has 0 bridgehead atoms. The summed E-state index contributed by atoms with van der Waals surface area (Å²) in [7, 11) is 2.89. The molecule has 0 aliphatic rings. The van der Waals surface area contributed by atoms with Crippen LogP contribution in [0.1, 0.15) is 6.92 Å². The number of carbonyl (C=O) groups excluding carboxylic acids is 1. The predicted molar refractivity (Wildman–Crippen MR) is 57.1 cm³/mol. The lowest BCUT2D eigenvalue weighted by Gasteiger charge is -2.09. The summed E-state index contributed by atoms with van der Waals surface area (Å²) >= 11 is 3.21. The molecule has 15 heavy (non-hydrogen) atoms. The summed E-state index contributed by atoms with van der Waals surface area (Å²) < 4.78 is 10.3. The number of nitrogens with one attached hydrogen (secondary N) is 1. The molecular formula is C8H10BrN3O3. The Labute approximate surface area is 95.1 Å². The van der Waals surface area contributed by atoms with Gasteiger partial charge >= 0.3 is 6.01 Å². The molecule has 1 aromatic rings. The van der Waals surface area contributed by atoms with Crippen LogP contribution in [0, 0.1) is 0 Å². The van der Waals surface area contributed by atoms with E-state index in [2.05, 4.69) is 31.2 Å². The lowest BCUT2D eigenvalue weighted by atomic mass is 10.5. The van der Waals surface area contributed by atoms with Crippen molar-refractivity contribution in [1.82, 2.24) is 9.97 Å². The number of halogens is 1. The number of nitrogens with zero attached hydrogens (tertiary/aromatic N) is 2. The normalized spacial score (nSPS) is 9.60. The standard InChI is InChI=1S/C8H10BrN3O3/c1-4(13)10-6-5(9)7(14-2)12-8(11-6)15-3/h1-3H3,(H,10,11,12,13). The molecule has 0 radical (unpaired) electrons. The summed E-state index contributed by atoms with van der Waals surface area (Å²) in [5, 5.41) is 2.53. The van der Waals surface area contributed by atoms with Crippen LogP contribution in [0.3, 0.4) is 0 Å². The van der Waals surface area contributed by atoms with Crippen molar-refractivity contribution in [2.75, 3.05) is 19.5 Å². The third-order valence-corrected chi connectivity index (χ3v) is 2.19. The maximum atomic E-state index is 10.9. The summed E-state index contributed by atoms with van der Waals surface area (Å²) in [4.78, 5) is 18.8. The minimum Gasteiger partial charge on any atom is -0.480 e. The molecule has 0 atom stereocenters. The van der Waals surface area contributed by atoms with E-state index in [9.17, 15) is 4.79 Å². The number of amides is 1. The van der Waals surface area contributed by atoms with E-state index in [1.807, 2.05) is 0 Å². The van der Waals surface area contributed by atoms with E-state index in [4.69, 9.17) is 9.47 Å². The average molecular weight is 276 g/mol. The zero-order valence-corrected chi connectivity index (χ0v) is 10.1. The molecule has 0 spiro atoms. The van der Waals surface area contributed by atoms with E-state index in [0.717, 1.165) is 0 Å². The highest BCUT2D eigenvalue weighted by atomic mass is 79.9. The molecule has 1 aromatic heterocycles. The largest absolute Gasteiger partial charge is 0.480 e. The van der Waals surface area contributed by atoms with Crippen LogP contribution in [-0.2, 0) is 4.79 Å². The van der Waals surface area contributed by atoms with E-state index in [0.29, 0.717) is 16.2 Å². The highest BCUT2D eigenvalue weighted by Crippen LogP contribution is 2.30. The molecule has 0 saturated heterocycles. The van der Waals surface area contributed by atoms with Gasteiger partial charge in [-0.3, -0.25) is 4.79 Å². The van der Waals surface area contributed by atoms with Gasteiger partial charge < -0.3 is 14.8 Å². The fraction of sp³-hybridized carbons (Fsp3) is 0.375. The number of anilines is 1. The first kappa shape index (κ1) is 11.7. The number of hydrogen-bond acceptors (Lipinski definition) is 5. The van der Waals surface area contributed by atoms with E-state index in [1.165, 1.54) is 21.1 Å². The monoisotopic (exact) mass is 275 g/mol. The minimum atomic E-state index is -0.237. The van der Waals surface area contributed by atoms with E-state index < -0.39 is 0 Å². The van der Waals surface area contributed by atoms with Gasteiger partial charge in [-0.05, 0) is 15.9 Å². The van der Waals surface area contributed by atoms with Gasteiger partial charge in [-0.1, -0.05) is 0 Å². The van der Waals surface area contributed by atoms with Gasteiger partial charge in [0.05, 0.1) is 14.2 Å². The molecule has 7 heteroatoms. The Kier molecular flexibility index (Phi) is 3.84. The topological polar surface area (TPSA) is 73.3 Å². The quantitative estimate of drug-likeness (QED) is 0.898. The van der Waals surface area contributed by atoms with E-state index in [-0.39, 0.29) is 11.9 Å². The molecule has 0 aliphatic carbocycles. The second kappa shape index (κ2) is 4.92. The number of rotatable bonds is 3. The Morgan fingerprint density at radius 2 is 2.00 bits per heavy atom. The van der Waals surface area contributed by atoms with Gasteiger partial charge in [0.2, 0.25) is 11.8 Å². The van der Waals surface area contributed by atoms with Crippen LogP contribution < -0.4 is 14.8 Å². The molecule has 0 aliphatic heterocycles. The maximum absolute atomic E-state index is 10.9. The zero-order valence-electron chi connectivity index (χ0n) is 8.50. The molecule has 1 amide bonds. The van der Waals surface area contributed by atoms with Gasteiger partial charge in [0, 0.05) is 6.92 Å². The number of methoxy groups -OCH3 is 2. The van der Waals surface area contributed by atoms with Crippen molar-refractivity contribution in [1.29, 1.82) is 0 Å². The number of hydrogen-bond donors (Lipinski definition) is 1.